The Labute approximate surface area is 131 Å². The molecule has 0 aromatic heterocycles. The number of hydrogen-bond donors (Lipinski definition) is 1. The van der Waals surface area contributed by atoms with Crippen molar-refractivity contribution < 1.29 is 14.0 Å². The van der Waals surface area contributed by atoms with E-state index in [4.69, 9.17) is 0 Å². The third kappa shape index (κ3) is 4.50. The van der Waals surface area contributed by atoms with Gasteiger partial charge in [0.05, 0.1) is 12.2 Å². The zero-order valence-electron chi connectivity index (χ0n) is 11.7. The molecule has 1 aromatic rings. The van der Waals surface area contributed by atoms with E-state index >= 15 is 0 Å². The summed E-state index contributed by atoms with van der Waals surface area (Å²) in [6.07, 6.45) is 0. The number of rotatable bonds is 3. The van der Waals surface area contributed by atoms with Crippen molar-refractivity contribution >= 4 is 33.4 Å². The average molecular weight is 358 g/mol. The lowest BCUT2D eigenvalue weighted by molar-refractivity contribution is -0.130. The Morgan fingerprint density at radius 3 is 2.52 bits per heavy atom. The van der Waals surface area contributed by atoms with Gasteiger partial charge in [0, 0.05) is 37.6 Å². The van der Waals surface area contributed by atoms with Gasteiger partial charge in [-0.1, -0.05) is 15.9 Å². The van der Waals surface area contributed by atoms with Gasteiger partial charge in [-0.15, -0.1) is 0 Å². The molecule has 21 heavy (non-hydrogen) atoms. The Hall–Kier alpha value is -1.47. The Bertz CT molecular complexity index is 545. The van der Waals surface area contributed by atoms with Crippen LogP contribution in [0.2, 0.25) is 0 Å². The molecule has 1 heterocycles. The molecular weight excluding hydrogens is 341 g/mol. The van der Waals surface area contributed by atoms with Crippen molar-refractivity contribution in [2.24, 2.45) is 0 Å². The first-order chi connectivity index (χ1) is 9.95. The second kappa shape index (κ2) is 7.00. The highest BCUT2D eigenvalue weighted by Gasteiger charge is 2.20. The minimum atomic E-state index is -0.473. The van der Waals surface area contributed by atoms with E-state index in [1.54, 1.807) is 17.9 Å². The zero-order chi connectivity index (χ0) is 15.4. The molecule has 1 saturated heterocycles. The van der Waals surface area contributed by atoms with Gasteiger partial charge in [-0.05, 0) is 18.2 Å². The van der Waals surface area contributed by atoms with Crippen LogP contribution in [0.5, 0.6) is 0 Å². The SMILES string of the molecule is CC(=O)N1CCN(CC(=O)Nc2ccc(Br)cc2F)CC1. The van der Waals surface area contributed by atoms with E-state index in [9.17, 15) is 14.0 Å². The molecule has 2 amide bonds. The smallest absolute Gasteiger partial charge is 0.238 e. The van der Waals surface area contributed by atoms with Crippen molar-refractivity contribution in [3.8, 4) is 0 Å². The number of carbonyl (C=O) groups is 2. The average Bonchev–Trinajstić information content (AvgIpc) is 2.42. The monoisotopic (exact) mass is 357 g/mol. The second-order valence-corrected chi connectivity index (χ2v) is 5.87. The van der Waals surface area contributed by atoms with Gasteiger partial charge in [0.25, 0.3) is 0 Å². The molecule has 0 aliphatic carbocycles. The van der Waals surface area contributed by atoms with E-state index in [0.29, 0.717) is 30.7 Å². The van der Waals surface area contributed by atoms with Gasteiger partial charge in [-0.3, -0.25) is 14.5 Å². The van der Waals surface area contributed by atoms with Gasteiger partial charge in [-0.2, -0.15) is 0 Å². The number of carbonyl (C=O) groups excluding carboxylic acids is 2. The summed E-state index contributed by atoms with van der Waals surface area (Å²) in [4.78, 5) is 26.8. The summed E-state index contributed by atoms with van der Waals surface area (Å²) in [5.74, 6) is -0.678. The molecule has 0 radical (unpaired) electrons. The fraction of sp³-hybridized carbons (Fsp3) is 0.429. The first-order valence-electron chi connectivity index (χ1n) is 6.68. The van der Waals surface area contributed by atoms with Crippen molar-refractivity contribution in [1.82, 2.24) is 9.80 Å². The van der Waals surface area contributed by atoms with Crippen LogP contribution in [0.3, 0.4) is 0 Å². The van der Waals surface area contributed by atoms with Crippen molar-refractivity contribution in [1.29, 1.82) is 0 Å². The summed E-state index contributed by atoms with van der Waals surface area (Å²) in [5.41, 5.74) is 0.172. The topological polar surface area (TPSA) is 52.7 Å². The molecule has 0 atom stereocenters. The van der Waals surface area contributed by atoms with Crippen molar-refractivity contribution in [3.63, 3.8) is 0 Å². The van der Waals surface area contributed by atoms with Crippen LogP contribution in [0.4, 0.5) is 10.1 Å². The van der Waals surface area contributed by atoms with Crippen LogP contribution >= 0.6 is 15.9 Å². The molecule has 1 aliphatic heterocycles. The van der Waals surface area contributed by atoms with Gasteiger partial charge in [0.1, 0.15) is 5.82 Å². The quantitative estimate of drug-likeness (QED) is 0.895. The molecule has 1 aliphatic rings. The standard InChI is InChI=1S/C14H17BrFN3O2/c1-10(20)19-6-4-18(5-7-19)9-14(21)17-13-3-2-11(15)8-12(13)16/h2-3,8H,4-7,9H2,1H3,(H,17,21). The van der Waals surface area contributed by atoms with Crippen LogP contribution in [0, 0.1) is 5.82 Å². The van der Waals surface area contributed by atoms with Crippen LogP contribution in [-0.4, -0.2) is 54.3 Å². The van der Waals surface area contributed by atoms with Gasteiger partial charge in [0.15, 0.2) is 0 Å². The largest absolute Gasteiger partial charge is 0.340 e. The molecular formula is C14H17BrFN3O2. The van der Waals surface area contributed by atoms with Crippen molar-refractivity contribution in [2.75, 3.05) is 38.0 Å². The number of amides is 2. The van der Waals surface area contributed by atoms with Crippen molar-refractivity contribution in [3.05, 3.63) is 28.5 Å². The van der Waals surface area contributed by atoms with E-state index in [0.717, 1.165) is 0 Å². The molecule has 1 fully saturated rings. The van der Waals surface area contributed by atoms with Gasteiger partial charge in [-0.25, -0.2) is 4.39 Å². The van der Waals surface area contributed by atoms with E-state index in [2.05, 4.69) is 21.2 Å². The van der Waals surface area contributed by atoms with Crippen LogP contribution < -0.4 is 5.32 Å². The van der Waals surface area contributed by atoms with Gasteiger partial charge >= 0.3 is 0 Å². The second-order valence-electron chi connectivity index (χ2n) is 4.95. The number of nitrogens with one attached hydrogen (secondary N) is 1. The normalized spacial score (nSPS) is 15.9. The molecule has 0 bridgehead atoms. The number of halogens is 2. The molecule has 0 saturated carbocycles. The highest BCUT2D eigenvalue weighted by Crippen LogP contribution is 2.19. The van der Waals surface area contributed by atoms with E-state index in [-0.39, 0.29) is 24.0 Å². The highest BCUT2D eigenvalue weighted by atomic mass is 79.9. The van der Waals surface area contributed by atoms with Crippen LogP contribution in [0.25, 0.3) is 0 Å². The summed E-state index contributed by atoms with van der Waals surface area (Å²) < 4.78 is 14.3. The number of piperazine rings is 1. The molecule has 114 valence electrons. The maximum Gasteiger partial charge on any atom is 0.238 e. The lowest BCUT2D eigenvalue weighted by atomic mass is 10.3. The Kier molecular flexibility index (Phi) is 5.30. The lowest BCUT2D eigenvalue weighted by Crippen LogP contribution is -2.49. The predicted molar refractivity (Wildman–Crippen MR) is 81.4 cm³/mol. The molecule has 0 spiro atoms. The molecule has 0 unspecified atom stereocenters. The fourth-order valence-corrected chi connectivity index (χ4v) is 2.54. The van der Waals surface area contributed by atoms with E-state index < -0.39 is 5.82 Å². The lowest BCUT2D eigenvalue weighted by Gasteiger charge is -2.33. The first-order valence-corrected chi connectivity index (χ1v) is 7.48. The summed E-state index contributed by atoms with van der Waals surface area (Å²) in [6, 6.07) is 4.50. The summed E-state index contributed by atoms with van der Waals surface area (Å²) in [5, 5.41) is 2.56. The minimum absolute atomic E-state index is 0.0519. The molecule has 1 N–H and O–H groups in total. The fourth-order valence-electron chi connectivity index (χ4n) is 2.20. The van der Waals surface area contributed by atoms with Crippen LogP contribution in [0.15, 0.2) is 22.7 Å². The van der Waals surface area contributed by atoms with Gasteiger partial charge < -0.3 is 10.2 Å². The maximum atomic E-state index is 13.6. The maximum absolute atomic E-state index is 13.6. The zero-order valence-corrected chi connectivity index (χ0v) is 13.3. The summed E-state index contributed by atoms with van der Waals surface area (Å²) in [7, 11) is 0. The third-order valence-corrected chi connectivity index (χ3v) is 3.88. The number of nitrogens with zero attached hydrogens (tertiary/aromatic N) is 2. The summed E-state index contributed by atoms with van der Waals surface area (Å²) >= 11 is 3.17. The Balaban J connectivity index is 1.84. The molecule has 7 heteroatoms. The number of anilines is 1. The van der Waals surface area contributed by atoms with Crippen molar-refractivity contribution in [2.45, 2.75) is 6.92 Å². The molecule has 1 aromatic carbocycles. The van der Waals surface area contributed by atoms with E-state index in [1.165, 1.54) is 12.1 Å². The number of benzene rings is 1. The predicted octanol–water partition coefficient (Wildman–Crippen LogP) is 1.69. The minimum Gasteiger partial charge on any atom is -0.340 e. The molecule has 5 nitrogen and oxygen atoms in total. The van der Waals surface area contributed by atoms with Gasteiger partial charge in [0.2, 0.25) is 11.8 Å². The Morgan fingerprint density at radius 1 is 1.29 bits per heavy atom. The third-order valence-electron chi connectivity index (χ3n) is 3.39. The Morgan fingerprint density at radius 2 is 1.95 bits per heavy atom. The van der Waals surface area contributed by atoms with E-state index in [1.807, 2.05) is 4.90 Å². The summed E-state index contributed by atoms with van der Waals surface area (Å²) in [6.45, 7) is 4.27. The van der Waals surface area contributed by atoms with Crippen LogP contribution in [0.1, 0.15) is 6.92 Å². The number of hydrogen-bond acceptors (Lipinski definition) is 3. The van der Waals surface area contributed by atoms with Crippen LogP contribution in [-0.2, 0) is 9.59 Å². The molecule has 2 rings (SSSR count). The highest BCUT2D eigenvalue weighted by molar-refractivity contribution is 9.10. The first kappa shape index (κ1) is 15.9.